The Morgan fingerprint density at radius 2 is 1.95 bits per heavy atom. The number of nitrogens with two attached hydrogens (primary N) is 1. The van der Waals surface area contributed by atoms with Crippen molar-refractivity contribution in [3.05, 3.63) is 59.9 Å². The highest BCUT2D eigenvalue weighted by molar-refractivity contribution is 5.56. The minimum atomic E-state index is -0.272. The summed E-state index contributed by atoms with van der Waals surface area (Å²) in [5.74, 6) is 5.90. The molecule has 0 aliphatic heterocycles. The summed E-state index contributed by atoms with van der Waals surface area (Å²) in [7, 11) is 0. The second kappa shape index (κ2) is 6.23. The number of halogens is 1. The Kier molecular flexibility index (Phi) is 3.97. The second-order valence-corrected chi connectivity index (χ2v) is 4.50. The van der Waals surface area contributed by atoms with Gasteiger partial charge in [0.05, 0.1) is 0 Å². The Bertz CT molecular complexity index is 758. The van der Waals surface area contributed by atoms with Crippen molar-refractivity contribution in [3.8, 4) is 17.2 Å². The Labute approximate surface area is 125 Å². The first-order valence-electron chi connectivity index (χ1n) is 6.52. The van der Waals surface area contributed by atoms with Crippen LogP contribution in [0.5, 0.6) is 5.75 Å². The van der Waals surface area contributed by atoms with Gasteiger partial charge in [-0.2, -0.15) is 0 Å². The second-order valence-electron chi connectivity index (χ2n) is 4.50. The van der Waals surface area contributed by atoms with E-state index in [0.717, 1.165) is 5.56 Å². The smallest absolute Gasteiger partial charge is 0.330 e. The van der Waals surface area contributed by atoms with Crippen LogP contribution in [-0.2, 0) is 6.61 Å². The van der Waals surface area contributed by atoms with Crippen LogP contribution in [-0.4, -0.2) is 10.2 Å². The molecule has 112 valence electrons. The van der Waals surface area contributed by atoms with E-state index in [4.69, 9.17) is 15.0 Å². The van der Waals surface area contributed by atoms with Crippen molar-refractivity contribution in [1.82, 2.24) is 10.2 Å². The number of nitrogens with zero attached hydrogens (tertiary/aromatic N) is 2. The lowest BCUT2D eigenvalue weighted by Crippen LogP contribution is -2.06. The van der Waals surface area contributed by atoms with Crippen molar-refractivity contribution < 1.29 is 13.5 Å². The number of nitrogens with one attached hydrogen (secondary N) is 1. The van der Waals surface area contributed by atoms with Gasteiger partial charge in [-0.1, -0.05) is 23.3 Å². The largest absolute Gasteiger partial charge is 0.489 e. The van der Waals surface area contributed by atoms with Crippen LogP contribution in [0, 0.1) is 5.82 Å². The van der Waals surface area contributed by atoms with Crippen molar-refractivity contribution in [2.45, 2.75) is 6.61 Å². The molecule has 2 aromatic carbocycles. The molecule has 0 radical (unpaired) electrons. The average molecular weight is 300 g/mol. The molecule has 0 unspecified atom stereocenters. The molecule has 0 fully saturated rings. The Morgan fingerprint density at radius 3 is 2.68 bits per heavy atom. The summed E-state index contributed by atoms with van der Waals surface area (Å²) in [5, 5.41) is 7.58. The molecular formula is C15H13FN4O2. The molecule has 3 N–H and O–H groups in total. The number of anilines is 1. The average Bonchev–Trinajstić information content (AvgIpc) is 3.04. The van der Waals surface area contributed by atoms with Crippen LogP contribution in [0.15, 0.2) is 52.9 Å². The summed E-state index contributed by atoms with van der Waals surface area (Å²) in [5.41, 5.74) is 3.87. The molecule has 22 heavy (non-hydrogen) atoms. The molecule has 0 atom stereocenters. The lowest BCUT2D eigenvalue weighted by atomic mass is 10.2. The molecule has 0 aliphatic carbocycles. The highest BCUT2D eigenvalue weighted by Gasteiger charge is 2.08. The fourth-order valence-electron chi connectivity index (χ4n) is 1.86. The number of aromatic nitrogens is 2. The van der Waals surface area contributed by atoms with Gasteiger partial charge in [0.25, 0.3) is 0 Å². The van der Waals surface area contributed by atoms with E-state index in [0.29, 0.717) is 23.8 Å². The topological polar surface area (TPSA) is 86.2 Å². The van der Waals surface area contributed by atoms with Crippen molar-refractivity contribution in [2.24, 2.45) is 5.84 Å². The highest BCUT2D eigenvalue weighted by Crippen LogP contribution is 2.24. The van der Waals surface area contributed by atoms with Crippen LogP contribution in [0.3, 0.4) is 0 Å². The summed E-state index contributed by atoms with van der Waals surface area (Å²) in [4.78, 5) is 0. The van der Waals surface area contributed by atoms with Crippen LogP contribution in [0.2, 0.25) is 0 Å². The number of hydrazine groups is 1. The molecule has 1 heterocycles. The van der Waals surface area contributed by atoms with Gasteiger partial charge in [0.15, 0.2) is 0 Å². The zero-order valence-corrected chi connectivity index (χ0v) is 11.5. The van der Waals surface area contributed by atoms with Gasteiger partial charge in [0.1, 0.15) is 18.2 Å². The summed E-state index contributed by atoms with van der Waals surface area (Å²) in [6.07, 6.45) is 0. The lowest BCUT2D eigenvalue weighted by molar-refractivity contribution is 0.306. The van der Waals surface area contributed by atoms with Gasteiger partial charge in [0.2, 0.25) is 5.89 Å². The summed E-state index contributed by atoms with van der Waals surface area (Å²) in [6.45, 7) is 0.336. The molecule has 3 aromatic rings. The molecule has 0 saturated heterocycles. The molecule has 0 spiro atoms. The number of ether oxygens (including phenoxy) is 1. The first-order chi connectivity index (χ1) is 10.7. The van der Waals surface area contributed by atoms with E-state index in [9.17, 15) is 4.39 Å². The van der Waals surface area contributed by atoms with Gasteiger partial charge < -0.3 is 9.15 Å². The van der Waals surface area contributed by atoms with Crippen LogP contribution in [0.1, 0.15) is 5.56 Å². The third-order valence-electron chi connectivity index (χ3n) is 2.95. The standard InChI is InChI=1S/C15H13FN4O2/c16-12-6-4-10(5-7-12)9-21-13-3-1-2-11(8-13)14-19-20-15(18-17)22-14/h1-8H,9,17H2,(H,18,20). The minimum Gasteiger partial charge on any atom is -0.489 e. The monoisotopic (exact) mass is 300 g/mol. The fraction of sp³-hybridized carbons (Fsp3) is 0.0667. The molecule has 0 saturated carbocycles. The Balaban J connectivity index is 1.72. The highest BCUT2D eigenvalue weighted by atomic mass is 19.1. The number of nitrogen functional groups attached to an aromatic ring is 1. The molecule has 0 bridgehead atoms. The molecule has 7 heteroatoms. The lowest BCUT2D eigenvalue weighted by Gasteiger charge is -2.07. The van der Waals surface area contributed by atoms with Crippen molar-refractivity contribution >= 4 is 6.01 Å². The van der Waals surface area contributed by atoms with Gasteiger partial charge >= 0.3 is 6.01 Å². The molecule has 0 amide bonds. The quantitative estimate of drug-likeness (QED) is 0.556. The van der Waals surface area contributed by atoms with Gasteiger partial charge in [-0.3, -0.25) is 5.43 Å². The van der Waals surface area contributed by atoms with Crippen molar-refractivity contribution in [2.75, 3.05) is 5.43 Å². The van der Waals surface area contributed by atoms with Crippen molar-refractivity contribution in [1.29, 1.82) is 0 Å². The Hall–Kier alpha value is -2.93. The van der Waals surface area contributed by atoms with E-state index in [2.05, 4.69) is 15.6 Å². The first-order valence-corrected chi connectivity index (χ1v) is 6.52. The predicted octanol–water partition coefficient (Wildman–Crippen LogP) is 2.74. The number of rotatable bonds is 5. The van der Waals surface area contributed by atoms with Gasteiger partial charge in [0, 0.05) is 5.56 Å². The zero-order valence-electron chi connectivity index (χ0n) is 11.5. The third kappa shape index (κ3) is 3.21. The normalized spacial score (nSPS) is 10.5. The maximum atomic E-state index is 12.8. The molecule has 3 rings (SSSR count). The van der Waals surface area contributed by atoms with Gasteiger partial charge in [-0.25, -0.2) is 10.2 Å². The summed E-state index contributed by atoms with van der Waals surface area (Å²) < 4.78 is 23.8. The Morgan fingerprint density at radius 1 is 1.14 bits per heavy atom. The SMILES string of the molecule is NNc1nnc(-c2cccc(OCc3ccc(F)cc3)c2)o1. The van der Waals surface area contributed by atoms with E-state index in [-0.39, 0.29) is 11.8 Å². The van der Waals surface area contributed by atoms with Gasteiger partial charge in [-0.05, 0) is 35.9 Å². The van der Waals surface area contributed by atoms with Crippen molar-refractivity contribution in [3.63, 3.8) is 0 Å². The summed E-state index contributed by atoms with van der Waals surface area (Å²) >= 11 is 0. The molecule has 6 nitrogen and oxygen atoms in total. The molecular weight excluding hydrogens is 287 g/mol. The van der Waals surface area contributed by atoms with Crippen LogP contribution < -0.4 is 16.0 Å². The zero-order chi connectivity index (χ0) is 15.4. The maximum absolute atomic E-state index is 12.8. The fourth-order valence-corrected chi connectivity index (χ4v) is 1.86. The molecule has 0 aliphatic rings. The van der Waals surface area contributed by atoms with E-state index in [1.807, 2.05) is 18.2 Å². The van der Waals surface area contributed by atoms with E-state index in [1.54, 1.807) is 18.2 Å². The summed E-state index contributed by atoms with van der Waals surface area (Å²) in [6, 6.07) is 13.5. The molecule has 1 aromatic heterocycles. The third-order valence-corrected chi connectivity index (χ3v) is 2.95. The predicted molar refractivity (Wildman–Crippen MR) is 78.3 cm³/mol. The van der Waals surface area contributed by atoms with Crippen LogP contribution in [0.25, 0.3) is 11.5 Å². The van der Waals surface area contributed by atoms with Crippen LogP contribution in [0.4, 0.5) is 10.4 Å². The van der Waals surface area contributed by atoms with Crippen LogP contribution >= 0.6 is 0 Å². The number of hydrogen-bond donors (Lipinski definition) is 2. The number of benzene rings is 2. The first kappa shape index (κ1) is 14.0. The van der Waals surface area contributed by atoms with Gasteiger partial charge in [-0.15, -0.1) is 5.10 Å². The minimum absolute atomic E-state index is 0.132. The van der Waals surface area contributed by atoms with E-state index >= 15 is 0 Å². The number of hydrogen-bond acceptors (Lipinski definition) is 6. The van der Waals surface area contributed by atoms with E-state index in [1.165, 1.54) is 12.1 Å². The maximum Gasteiger partial charge on any atom is 0.330 e. The van der Waals surface area contributed by atoms with E-state index < -0.39 is 0 Å².